The van der Waals surface area contributed by atoms with E-state index in [0.29, 0.717) is 11.1 Å². The number of nitrogens with zero attached hydrogens (tertiary/aromatic N) is 4. The van der Waals surface area contributed by atoms with Gasteiger partial charge in [0.05, 0.1) is 0 Å². The lowest BCUT2D eigenvalue weighted by Gasteiger charge is -2.12. The van der Waals surface area contributed by atoms with Crippen LogP contribution in [0.5, 0.6) is 0 Å². The van der Waals surface area contributed by atoms with Crippen molar-refractivity contribution in [3.63, 3.8) is 0 Å². The molecule has 202 valence electrons. The van der Waals surface area contributed by atoms with Gasteiger partial charge in [-0.25, -0.2) is 0 Å². The SMILES string of the molecule is CN(C)c1ccc(C(=O)CN=Cc2cc(C=NCC(=O)c3ccc(N(C)C)cc3)cc(-c3ccccc3)c2)cc1. The number of Topliss-reactive ketones (excluding diaryl/α,β-unsaturated/α-hetero) is 2. The highest BCUT2D eigenvalue weighted by Crippen LogP contribution is 2.22. The van der Waals surface area contributed by atoms with Crippen LogP contribution in [0.15, 0.2) is 107 Å². The van der Waals surface area contributed by atoms with Gasteiger partial charge in [-0.1, -0.05) is 30.3 Å². The molecule has 4 aromatic carbocycles. The van der Waals surface area contributed by atoms with Gasteiger partial charge in [0.15, 0.2) is 11.6 Å². The second-order valence-electron chi connectivity index (χ2n) is 9.92. The van der Waals surface area contributed by atoms with E-state index in [-0.39, 0.29) is 24.7 Å². The highest BCUT2D eigenvalue weighted by Gasteiger charge is 2.07. The summed E-state index contributed by atoms with van der Waals surface area (Å²) in [6, 6.07) is 31.1. The van der Waals surface area contributed by atoms with Crippen LogP contribution in [0.1, 0.15) is 31.8 Å². The normalized spacial score (nSPS) is 11.2. The Morgan fingerprint density at radius 1 is 0.575 bits per heavy atom. The summed E-state index contributed by atoms with van der Waals surface area (Å²) in [6.07, 6.45) is 3.43. The summed E-state index contributed by atoms with van der Waals surface area (Å²) >= 11 is 0. The summed E-state index contributed by atoms with van der Waals surface area (Å²) < 4.78 is 0. The molecule has 0 atom stereocenters. The van der Waals surface area contributed by atoms with E-state index in [1.54, 1.807) is 12.4 Å². The Hall–Kier alpha value is -4.84. The fraction of sp³-hybridized carbons (Fsp3) is 0.176. The van der Waals surface area contributed by atoms with Gasteiger partial charge >= 0.3 is 0 Å². The molecule has 6 heteroatoms. The molecule has 0 amide bonds. The van der Waals surface area contributed by atoms with Gasteiger partial charge in [-0.15, -0.1) is 0 Å². The van der Waals surface area contributed by atoms with Crippen molar-refractivity contribution in [1.29, 1.82) is 0 Å². The van der Waals surface area contributed by atoms with Crippen LogP contribution < -0.4 is 9.80 Å². The van der Waals surface area contributed by atoms with Gasteiger partial charge in [-0.2, -0.15) is 0 Å². The summed E-state index contributed by atoms with van der Waals surface area (Å²) in [5, 5.41) is 0. The number of anilines is 2. The van der Waals surface area contributed by atoms with E-state index in [1.807, 2.05) is 135 Å². The van der Waals surface area contributed by atoms with Crippen LogP contribution in [-0.4, -0.2) is 65.3 Å². The molecule has 6 nitrogen and oxygen atoms in total. The van der Waals surface area contributed by atoms with Crippen molar-refractivity contribution in [2.45, 2.75) is 0 Å². The molecule has 0 saturated carbocycles. The second kappa shape index (κ2) is 13.3. The van der Waals surface area contributed by atoms with Gasteiger partial charge < -0.3 is 9.80 Å². The molecular weight excluding hydrogens is 496 g/mol. The molecule has 40 heavy (non-hydrogen) atoms. The Balaban J connectivity index is 1.49. The monoisotopic (exact) mass is 530 g/mol. The third-order valence-corrected chi connectivity index (χ3v) is 6.45. The van der Waals surface area contributed by atoms with Gasteiger partial charge in [-0.3, -0.25) is 19.6 Å². The largest absolute Gasteiger partial charge is 0.378 e. The molecule has 4 aromatic rings. The van der Waals surface area contributed by atoms with Crippen molar-refractivity contribution in [2.75, 3.05) is 51.1 Å². The molecule has 0 aliphatic heterocycles. The lowest BCUT2D eigenvalue weighted by Crippen LogP contribution is -2.09. The van der Waals surface area contributed by atoms with Gasteiger partial charge in [-0.05, 0) is 89.0 Å². The predicted octanol–water partition coefficient (Wildman–Crippen LogP) is 6.09. The number of hydrogen-bond acceptors (Lipinski definition) is 6. The summed E-state index contributed by atoms with van der Waals surface area (Å²) in [5.74, 6) is -0.0839. The van der Waals surface area contributed by atoms with E-state index in [1.165, 1.54) is 0 Å². The maximum atomic E-state index is 12.7. The average Bonchev–Trinajstić information content (AvgIpc) is 2.97. The first-order valence-corrected chi connectivity index (χ1v) is 13.1. The molecular formula is C34H34N4O2. The van der Waals surface area contributed by atoms with Crippen molar-refractivity contribution >= 4 is 35.4 Å². The predicted molar refractivity (Wildman–Crippen MR) is 167 cm³/mol. The first-order valence-electron chi connectivity index (χ1n) is 13.1. The highest BCUT2D eigenvalue weighted by molar-refractivity contribution is 6.00. The van der Waals surface area contributed by atoms with Crippen molar-refractivity contribution < 1.29 is 9.59 Å². The molecule has 0 spiro atoms. The summed E-state index contributed by atoms with van der Waals surface area (Å²) in [6.45, 7) is 0.114. The molecule has 4 rings (SSSR count). The van der Waals surface area contributed by atoms with E-state index in [0.717, 1.165) is 33.6 Å². The van der Waals surface area contributed by atoms with Crippen LogP contribution in [0.2, 0.25) is 0 Å². The minimum Gasteiger partial charge on any atom is -0.378 e. The fourth-order valence-electron chi connectivity index (χ4n) is 4.16. The zero-order valence-corrected chi connectivity index (χ0v) is 23.4. The van der Waals surface area contributed by atoms with Crippen molar-refractivity contribution in [2.24, 2.45) is 9.98 Å². The first kappa shape index (κ1) is 28.2. The lowest BCUT2D eigenvalue weighted by atomic mass is 10.0. The van der Waals surface area contributed by atoms with Crippen molar-refractivity contribution in [3.05, 3.63) is 119 Å². The van der Waals surface area contributed by atoms with E-state index in [9.17, 15) is 9.59 Å². The topological polar surface area (TPSA) is 65.3 Å². The van der Waals surface area contributed by atoms with Crippen LogP contribution in [0.3, 0.4) is 0 Å². The third-order valence-electron chi connectivity index (χ3n) is 6.45. The van der Waals surface area contributed by atoms with Crippen molar-refractivity contribution in [3.8, 4) is 11.1 Å². The molecule has 0 heterocycles. The Bertz CT molecular complexity index is 1410. The highest BCUT2D eigenvalue weighted by atomic mass is 16.1. The van der Waals surface area contributed by atoms with Crippen molar-refractivity contribution in [1.82, 2.24) is 0 Å². The molecule has 0 bridgehead atoms. The van der Waals surface area contributed by atoms with Crippen LogP contribution in [0, 0.1) is 0 Å². The second-order valence-corrected chi connectivity index (χ2v) is 9.92. The average molecular weight is 531 g/mol. The van der Waals surface area contributed by atoms with Gasteiger partial charge in [0.2, 0.25) is 0 Å². The summed E-state index contributed by atoms with van der Waals surface area (Å²) in [7, 11) is 7.86. The number of hydrogen-bond donors (Lipinski definition) is 0. The van der Waals surface area contributed by atoms with Gasteiger partial charge in [0.25, 0.3) is 0 Å². The molecule has 0 aromatic heterocycles. The number of carbonyl (C=O) groups excluding carboxylic acids is 2. The number of ketones is 2. The van der Waals surface area contributed by atoms with Gasteiger partial charge in [0, 0.05) is 63.1 Å². The van der Waals surface area contributed by atoms with E-state index in [2.05, 4.69) is 9.98 Å². The zero-order chi connectivity index (χ0) is 28.5. The lowest BCUT2D eigenvalue weighted by molar-refractivity contribution is 0.0994. The van der Waals surface area contributed by atoms with E-state index in [4.69, 9.17) is 0 Å². The Morgan fingerprint density at radius 2 is 1.00 bits per heavy atom. The molecule has 0 saturated heterocycles. The minimum absolute atomic E-state index is 0.0420. The molecule has 0 unspecified atom stereocenters. The van der Waals surface area contributed by atoms with Crippen LogP contribution >= 0.6 is 0 Å². The van der Waals surface area contributed by atoms with Crippen LogP contribution in [-0.2, 0) is 0 Å². The summed E-state index contributed by atoms with van der Waals surface area (Å²) in [5.41, 5.74) is 7.10. The minimum atomic E-state index is -0.0420. The van der Waals surface area contributed by atoms with Gasteiger partial charge in [0.1, 0.15) is 13.1 Å². The maximum absolute atomic E-state index is 12.7. The molecule has 0 radical (unpaired) electrons. The first-order chi connectivity index (χ1) is 19.3. The number of carbonyl (C=O) groups is 2. The number of rotatable bonds is 11. The fourth-order valence-corrected chi connectivity index (χ4v) is 4.16. The Kier molecular flexibility index (Phi) is 9.36. The molecule has 0 fully saturated rings. The van der Waals surface area contributed by atoms with E-state index >= 15 is 0 Å². The quantitative estimate of drug-likeness (QED) is 0.174. The number of benzene rings is 4. The Labute approximate surface area is 236 Å². The third kappa shape index (κ3) is 7.60. The number of aliphatic imine (C=N–C) groups is 2. The van der Waals surface area contributed by atoms with E-state index < -0.39 is 0 Å². The Morgan fingerprint density at radius 3 is 1.40 bits per heavy atom. The molecule has 0 aliphatic carbocycles. The maximum Gasteiger partial charge on any atom is 0.184 e. The smallest absolute Gasteiger partial charge is 0.184 e. The molecule has 0 N–H and O–H groups in total. The molecule has 0 aliphatic rings. The zero-order valence-electron chi connectivity index (χ0n) is 23.4. The standard InChI is InChI=1S/C34H34N4O2/c1-37(2)31-14-10-28(11-15-31)33(39)23-35-21-25-18-26(20-30(19-25)27-8-6-5-7-9-27)22-36-24-34(40)29-12-16-32(17-13-29)38(3)4/h5-22H,23-24H2,1-4H3. The van der Waals surface area contributed by atoms with Crippen LogP contribution in [0.25, 0.3) is 11.1 Å². The van der Waals surface area contributed by atoms with Crippen LogP contribution in [0.4, 0.5) is 11.4 Å². The summed E-state index contributed by atoms with van der Waals surface area (Å²) in [4.78, 5) is 38.2.